The van der Waals surface area contributed by atoms with Crippen molar-refractivity contribution in [3.8, 4) is 28.4 Å². The fraction of sp³-hybridized carbons (Fsp3) is 0.194. The topological polar surface area (TPSA) is 44.8 Å². The summed E-state index contributed by atoms with van der Waals surface area (Å²) in [7, 11) is 0. The smallest absolute Gasteiger partial charge is 0.343 e. The average molecular weight is 467 g/mol. The number of fused-ring (bicyclic) bond motifs is 1. The summed E-state index contributed by atoms with van der Waals surface area (Å²) in [5, 5.41) is 1.80. The molecule has 0 amide bonds. The Balaban J connectivity index is 1.44. The Labute approximate surface area is 206 Å². The first kappa shape index (κ1) is 24.1. The van der Waals surface area contributed by atoms with Crippen LogP contribution in [0.15, 0.2) is 97.3 Å². The van der Waals surface area contributed by atoms with E-state index in [-0.39, 0.29) is 0 Å². The van der Waals surface area contributed by atoms with Crippen LogP contribution in [-0.2, 0) is 0 Å². The van der Waals surface area contributed by atoms with E-state index in [1.165, 1.54) is 0 Å². The van der Waals surface area contributed by atoms with Crippen LogP contribution in [0.4, 0.5) is 0 Å². The summed E-state index contributed by atoms with van der Waals surface area (Å²) in [5.41, 5.74) is 2.57. The molecule has 4 aromatic rings. The van der Waals surface area contributed by atoms with E-state index in [9.17, 15) is 4.79 Å². The van der Waals surface area contributed by atoms with Crippen LogP contribution in [0.5, 0.6) is 17.2 Å². The maximum absolute atomic E-state index is 12.8. The molecule has 0 aliphatic heterocycles. The lowest BCUT2D eigenvalue weighted by atomic mass is 10.0. The second-order valence-corrected chi connectivity index (χ2v) is 8.20. The lowest BCUT2D eigenvalue weighted by Crippen LogP contribution is -2.08. The van der Waals surface area contributed by atoms with E-state index in [1.54, 1.807) is 24.5 Å². The minimum absolute atomic E-state index is 0.394. The Bertz CT molecular complexity index is 1290. The van der Waals surface area contributed by atoms with Gasteiger partial charge in [0, 0.05) is 5.39 Å². The van der Waals surface area contributed by atoms with Gasteiger partial charge in [0.2, 0.25) is 0 Å². The predicted molar refractivity (Wildman–Crippen MR) is 141 cm³/mol. The number of hydrogen-bond donors (Lipinski definition) is 0. The van der Waals surface area contributed by atoms with Crippen LogP contribution >= 0.6 is 0 Å². The van der Waals surface area contributed by atoms with Crippen LogP contribution in [0.25, 0.3) is 21.9 Å². The maximum Gasteiger partial charge on any atom is 0.343 e. The average Bonchev–Trinajstić information content (AvgIpc) is 2.89. The fourth-order valence-electron chi connectivity index (χ4n) is 3.78. The van der Waals surface area contributed by atoms with Crippen LogP contribution in [0.2, 0.25) is 0 Å². The number of carbonyl (C=O) groups excluding carboxylic acids is 1. The van der Waals surface area contributed by atoms with Crippen LogP contribution in [-0.4, -0.2) is 12.6 Å². The normalized spacial score (nSPS) is 11.0. The first-order chi connectivity index (χ1) is 17.2. The summed E-state index contributed by atoms with van der Waals surface area (Å²) in [6, 6.07) is 26.7. The molecular weight excluding hydrogens is 436 g/mol. The first-order valence-electron chi connectivity index (χ1n) is 12.1. The zero-order valence-corrected chi connectivity index (χ0v) is 20.2. The van der Waals surface area contributed by atoms with Gasteiger partial charge in [0.25, 0.3) is 0 Å². The molecule has 178 valence electrons. The van der Waals surface area contributed by atoms with Gasteiger partial charge in [0.1, 0.15) is 17.2 Å². The Morgan fingerprint density at radius 3 is 2.26 bits per heavy atom. The van der Waals surface area contributed by atoms with E-state index in [2.05, 4.69) is 6.92 Å². The lowest BCUT2D eigenvalue weighted by Gasteiger charge is -2.10. The fourth-order valence-corrected chi connectivity index (χ4v) is 3.78. The van der Waals surface area contributed by atoms with Gasteiger partial charge in [-0.25, -0.2) is 4.79 Å². The summed E-state index contributed by atoms with van der Waals surface area (Å²) < 4.78 is 17.0. The van der Waals surface area contributed by atoms with Crippen molar-refractivity contribution in [2.45, 2.75) is 33.1 Å². The molecular formula is C31H30O4. The molecule has 0 aliphatic carbocycles. The molecule has 0 saturated carbocycles. The number of unbranched alkanes of at least 4 members (excludes halogenated alkanes) is 2. The quantitative estimate of drug-likeness (QED) is 0.102. The van der Waals surface area contributed by atoms with Gasteiger partial charge >= 0.3 is 5.97 Å². The molecule has 4 aromatic carbocycles. The number of ether oxygens (including phenoxy) is 3. The third-order valence-electron chi connectivity index (χ3n) is 5.66. The van der Waals surface area contributed by atoms with E-state index >= 15 is 0 Å². The van der Waals surface area contributed by atoms with Gasteiger partial charge in [0.15, 0.2) is 0 Å². The summed E-state index contributed by atoms with van der Waals surface area (Å²) >= 11 is 0. The maximum atomic E-state index is 12.8. The first-order valence-corrected chi connectivity index (χ1v) is 12.1. The zero-order valence-electron chi connectivity index (χ0n) is 20.2. The highest BCUT2D eigenvalue weighted by Gasteiger charge is 2.12. The van der Waals surface area contributed by atoms with Crippen molar-refractivity contribution in [1.29, 1.82) is 0 Å². The minimum Gasteiger partial charge on any atom is -0.494 e. The van der Waals surface area contributed by atoms with Gasteiger partial charge in [-0.3, -0.25) is 0 Å². The van der Waals surface area contributed by atoms with Gasteiger partial charge < -0.3 is 14.2 Å². The largest absolute Gasteiger partial charge is 0.494 e. The minimum atomic E-state index is -0.394. The van der Waals surface area contributed by atoms with Crippen molar-refractivity contribution in [2.24, 2.45) is 0 Å². The van der Waals surface area contributed by atoms with Crippen molar-refractivity contribution in [3.05, 3.63) is 103 Å². The molecule has 0 radical (unpaired) electrons. The van der Waals surface area contributed by atoms with Gasteiger partial charge in [-0.05, 0) is 90.9 Å². The molecule has 0 N–H and O–H groups in total. The Hall–Kier alpha value is -4.05. The summed E-state index contributed by atoms with van der Waals surface area (Å²) in [6.45, 7) is 4.77. The van der Waals surface area contributed by atoms with Gasteiger partial charge in [0.05, 0.1) is 18.4 Å². The molecule has 0 fully saturated rings. The van der Waals surface area contributed by atoms with E-state index < -0.39 is 5.97 Å². The Kier molecular flexibility index (Phi) is 8.18. The SMILES string of the molecule is CCCCC=COc1ccc2c(OC(=O)c3ccc(-c4ccc(OCC)cc4)cc3)cccc2c1. The molecule has 0 bridgehead atoms. The molecule has 4 heteroatoms. The number of esters is 1. The van der Waals surface area contributed by atoms with E-state index in [0.717, 1.165) is 52.7 Å². The zero-order chi connectivity index (χ0) is 24.5. The number of allylic oxidation sites excluding steroid dienone is 1. The van der Waals surface area contributed by atoms with Crippen LogP contribution in [0.1, 0.15) is 43.5 Å². The number of hydrogen-bond acceptors (Lipinski definition) is 4. The summed E-state index contributed by atoms with van der Waals surface area (Å²) in [4.78, 5) is 12.8. The molecule has 35 heavy (non-hydrogen) atoms. The second kappa shape index (κ2) is 11.9. The molecule has 4 rings (SSSR count). The molecule has 0 atom stereocenters. The van der Waals surface area contributed by atoms with E-state index in [0.29, 0.717) is 17.9 Å². The highest BCUT2D eigenvalue weighted by molar-refractivity contribution is 5.96. The second-order valence-electron chi connectivity index (χ2n) is 8.20. The van der Waals surface area contributed by atoms with Crippen LogP contribution in [0, 0.1) is 0 Å². The van der Waals surface area contributed by atoms with Crippen molar-refractivity contribution in [3.63, 3.8) is 0 Å². The summed E-state index contributed by atoms with van der Waals surface area (Å²) in [6.07, 6.45) is 7.08. The highest BCUT2D eigenvalue weighted by atomic mass is 16.5. The van der Waals surface area contributed by atoms with E-state index in [4.69, 9.17) is 14.2 Å². The molecule has 0 spiro atoms. The Morgan fingerprint density at radius 2 is 1.54 bits per heavy atom. The van der Waals surface area contributed by atoms with Crippen molar-refractivity contribution in [2.75, 3.05) is 6.61 Å². The predicted octanol–water partition coefficient (Wildman–Crippen LogP) is 8.21. The van der Waals surface area contributed by atoms with Crippen LogP contribution in [0.3, 0.4) is 0 Å². The molecule has 0 heterocycles. The monoisotopic (exact) mass is 466 g/mol. The molecule has 0 aromatic heterocycles. The van der Waals surface area contributed by atoms with Crippen molar-refractivity contribution < 1.29 is 19.0 Å². The van der Waals surface area contributed by atoms with Gasteiger partial charge in [-0.1, -0.05) is 49.7 Å². The van der Waals surface area contributed by atoms with Crippen LogP contribution < -0.4 is 14.2 Å². The molecule has 4 nitrogen and oxygen atoms in total. The molecule has 0 saturated heterocycles. The standard InChI is InChI=1S/C31H30O4/c1-3-5-6-7-21-34-28-19-20-29-26(22-28)9-8-10-30(29)35-31(32)25-13-11-23(12-14-25)24-15-17-27(18-16-24)33-4-2/h7-22H,3-6H2,1-2H3. The molecule has 0 aliphatic rings. The number of benzene rings is 4. The number of carbonyl (C=O) groups is 1. The molecule has 0 unspecified atom stereocenters. The van der Waals surface area contributed by atoms with Crippen molar-refractivity contribution >= 4 is 16.7 Å². The van der Waals surface area contributed by atoms with Gasteiger partial charge in [-0.15, -0.1) is 0 Å². The van der Waals surface area contributed by atoms with Crippen molar-refractivity contribution in [1.82, 2.24) is 0 Å². The highest BCUT2D eigenvalue weighted by Crippen LogP contribution is 2.30. The van der Waals surface area contributed by atoms with Gasteiger partial charge in [-0.2, -0.15) is 0 Å². The third-order valence-corrected chi connectivity index (χ3v) is 5.66. The summed E-state index contributed by atoms with van der Waals surface area (Å²) in [5.74, 6) is 1.72. The van der Waals surface area contributed by atoms with E-state index in [1.807, 2.05) is 79.7 Å². The third kappa shape index (κ3) is 6.30. The lowest BCUT2D eigenvalue weighted by molar-refractivity contribution is 0.0737. The Morgan fingerprint density at radius 1 is 0.829 bits per heavy atom. The number of rotatable bonds is 10.